The third-order valence-corrected chi connectivity index (χ3v) is 5.36. The number of halogens is 1. The summed E-state index contributed by atoms with van der Waals surface area (Å²) in [4.78, 5) is 4.36. The van der Waals surface area contributed by atoms with Gasteiger partial charge in [0.05, 0.1) is 12.3 Å². The molecule has 0 fully saturated rings. The van der Waals surface area contributed by atoms with Gasteiger partial charge in [-0.25, -0.2) is 0 Å². The van der Waals surface area contributed by atoms with E-state index in [2.05, 4.69) is 37.0 Å². The summed E-state index contributed by atoms with van der Waals surface area (Å²) in [6.07, 6.45) is 0.749. The van der Waals surface area contributed by atoms with Gasteiger partial charge in [0.25, 0.3) is 0 Å². The van der Waals surface area contributed by atoms with E-state index in [0.717, 1.165) is 23.0 Å². The monoisotopic (exact) mass is 411 g/mol. The fraction of sp³-hybridized carbons (Fsp3) is 0.200. The number of hydrogen-bond acceptors (Lipinski definition) is 6. The molecule has 0 radical (unpaired) electrons. The Balaban J connectivity index is 1.64. The second-order valence-corrected chi connectivity index (χ2v) is 7.51. The Morgan fingerprint density at radius 1 is 1.04 bits per heavy atom. The van der Waals surface area contributed by atoms with Gasteiger partial charge < -0.3 is 4.52 Å². The molecule has 142 valence electrons. The summed E-state index contributed by atoms with van der Waals surface area (Å²) in [5.41, 5.74) is 2.14. The van der Waals surface area contributed by atoms with Crippen molar-refractivity contribution in [2.24, 2.45) is 0 Å². The summed E-state index contributed by atoms with van der Waals surface area (Å²) in [6, 6.07) is 17.9. The molecule has 0 N–H and O–H groups in total. The molecule has 0 amide bonds. The van der Waals surface area contributed by atoms with Gasteiger partial charge in [0, 0.05) is 17.0 Å². The second-order valence-electron chi connectivity index (χ2n) is 6.13. The predicted molar refractivity (Wildman–Crippen MR) is 109 cm³/mol. The summed E-state index contributed by atoms with van der Waals surface area (Å²) in [7, 11) is 0. The average Bonchev–Trinajstić information content (AvgIpc) is 3.35. The van der Waals surface area contributed by atoms with E-state index in [1.807, 2.05) is 49.4 Å². The van der Waals surface area contributed by atoms with Crippen molar-refractivity contribution < 1.29 is 4.52 Å². The van der Waals surface area contributed by atoms with Crippen LogP contribution in [-0.4, -0.2) is 24.9 Å². The highest BCUT2D eigenvalue weighted by atomic mass is 35.5. The van der Waals surface area contributed by atoms with E-state index >= 15 is 0 Å². The number of nitrogens with zero attached hydrogens (tertiary/aromatic N) is 5. The molecule has 2 aromatic carbocycles. The molecule has 0 atom stereocenters. The normalized spacial score (nSPS) is 11.1. The molecular weight excluding hydrogens is 394 g/mol. The predicted octanol–water partition coefficient (Wildman–Crippen LogP) is 4.88. The molecule has 0 aliphatic rings. The lowest BCUT2D eigenvalue weighted by Gasteiger charge is -2.10. The van der Waals surface area contributed by atoms with Crippen LogP contribution in [-0.2, 0) is 18.7 Å². The van der Waals surface area contributed by atoms with E-state index < -0.39 is 0 Å². The lowest BCUT2D eigenvalue weighted by molar-refractivity contribution is 0.385. The summed E-state index contributed by atoms with van der Waals surface area (Å²) < 4.78 is 7.38. The number of thioether (sulfide) groups is 1. The molecule has 0 bridgehead atoms. The van der Waals surface area contributed by atoms with Crippen LogP contribution in [0.25, 0.3) is 11.4 Å². The van der Waals surface area contributed by atoms with Crippen molar-refractivity contribution in [3.63, 3.8) is 0 Å². The maximum Gasteiger partial charge on any atom is 0.237 e. The van der Waals surface area contributed by atoms with Crippen molar-refractivity contribution in [1.29, 1.82) is 0 Å². The van der Waals surface area contributed by atoms with Crippen LogP contribution in [0.5, 0.6) is 0 Å². The molecule has 2 heterocycles. The molecule has 8 heteroatoms. The Labute approximate surface area is 172 Å². The molecule has 0 aliphatic heterocycles. The second kappa shape index (κ2) is 8.58. The Morgan fingerprint density at radius 3 is 2.54 bits per heavy atom. The SMILES string of the molecule is CCc1noc(CSc2nnc(-c3ccc(Cl)cc3)n2Cc2ccccc2)n1. The van der Waals surface area contributed by atoms with Crippen molar-refractivity contribution in [2.75, 3.05) is 0 Å². The fourth-order valence-corrected chi connectivity index (χ4v) is 3.64. The first kappa shape index (κ1) is 18.7. The van der Waals surface area contributed by atoms with Gasteiger partial charge in [0.1, 0.15) is 0 Å². The van der Waals surface area contributed by atoms with E-state index in [0.29, 0.717) is 29.0 Å². The van der Waals surface area contributed by atoms with Crippen molar-refractivity contribution in [3.8, 4) is 11.4 Å². The molecule has 0 spiro atoms. The number of benzene rings is 2. The minimum absolute atomic E-state index is 0.542. The molecule has 28 heavy (non-hydrogen) atoms. The highest BCUT2D eigenvalue weighted by Gasteiger charge is 2.16. The highest BCUT2D eigenvalue weighted by Crippen LogP contribution is 2.27. The smallest absolute Gasteiger partial charge is 0.237 e. The Kier molecular flexibility index (Phi) is 5.73. The molecule has 0 unspecified atom stereocenters. The van der Waals surface area contributed by atoms with Gasteiger partial charge in [0.2, 0.25) is 5.89 Å². The van der Waals surface area contributed by atoms with Crippen LogP contribution in [0.4, 0.5) is 0 Å². The maximum atomic E-state index is 6.04. The minimum Gasteiger partial charge on any atom is -0.338 e. The molecule has 0 saturated heterocycles. The van der Waals surface area contributed by atoms with E-state index in [4.69, 9.17) is 16.1 Å². The van der Waals surface area contributed by atoms with Crippen LogP contribution >= 0.6 is 23.4 Å². The lowest BCUT2D eigenvalue weighted by atomic mass is 10.2. The molecular formula is C20H18ClN5OS. The highest BCUT2D eigenvalue weighted by molar-refractivity contribution is 7.98. The van der Waals surface area contributed by atoms with Gasteiger partial charge in [0.15, 0.2) is 16.8 Å². The summed E-state index contributed by atoms with van der Waals surface area (Å²) in [6.45, 7) is 2.66. The van der Waals surface area contributed by atoms with E-state index in [1.54, 1.807) is 0 Å². The van der Waals surface area contributed by atoms with Gasteiger partial charge in [-0.15, -0.1) is 10.2 Å². The number of aryl methyl sites for hydroxylation is 1. The van der Waals surface area contributed by atoms with Crippen LogP contribution in [0.15, 0.2) is 64.3 Å². The number of hydrogen-bond donors (Lipinski definition) is 0. The standard InChI is InChI=1S/C20H18ClN5OS/c1-2-17-22-18(27-25-17)13-28-20-24-23-19(15-8-10-16(21)11-9-15)26(20)12-14-6-4-3-5-7-14/h3-11H,2,12-13H2,1H3. The van der Waals surface area contributed by atoms with Gasteiger partial charge in [-0.1, -0.05) is 65.8 Å². The Bertz CT molecular complexity index is 1050. The zero-order valence-corrected chi connectivity index (χ0v) is 16.8. The zero-order chi connectivity index (χ0) is 19.3. The first-order chi connectivity index (χ1) is 13.7. The first-order valence-corrected chi connectivity index (χ1v) is 10.3. The molecule has 0 aliphatic carbocycles. The number of rotatable bonds is 7. The average molecular weight is 412 g/mol. The molecule has 6 nitrogen and oxygen atoms in total. The van der Waals surface area contributed by atoms with Gasteiger partial charge in [-0.3, -0.25) is 4.57 Å². The molecule has 4 rings (SSSR count). The molecule has 0 saturated carbocycles. The van der Waals surface area contributed by atoms with Gasteiger partial charge in [-0.05, 0) is 29.8 Å². The summed E-state index contributed by atoms with van der Waals surface area (Å²) in [5.74, 6) is 2.63. The fourth-order valence-electron chi connectivity index (χ4n) is 2.74. The van der Waals surface area contributed by atoms with Crippen molar-refractivity contribution in [3.05, 3.63) is 76.9 Å². The first-order valence-electron chi connectivity index (χ1n) is 8.90. The molecule has 2 aromatic heterocycles. The zero-order valence-electron chi connectivity index (χ0n) is 15.2. The maximum absolute atomic E-state index is 6.04. The van der Waals surface area contributed by atoms with Crippen molar-refractivity contribution in [1.82, 2.24) is 24.9 Å². The topological polar surface area (TPSA) is 69.6 Å². The Morgan fingerprint density at radius 2 is 1.82 bits per heavy atom. The number of aromatic nitrogens is 5. The van der Waals surface area contributed by atoms with Crippen LogP contribution in [0.3, 0.4) is 0 Å². The van der Waals surface area contributed by atoms with Gasteiger partial charge in [-0.2, -0.15) is 4.98 Å². The lowest BCUT2D eigenvalue weighted by Crippen LogP contribution is -2.04. The largest absolute Gasteiger partial charge is 0.338 e. The van der Waals surface area contributed by atoms with Crippen molar-refractivity contribution in [2.45, 2.75) is 30.8 Å². The van der Waals surface area contributed by atoms with Crippen LogP contribution in [0, 0.1) is 0 Å². The quantitative estimate of drug-likeness (QED) is 0.403. The van der Waals surface area contributed by atoms with Gasteiger partial charge >= 0.3 is 0 Å². The van der Waals surface area contributed by atoms with E-state index in [-0.39, 0.29) is 0 Å². The summed E-state index contributed by atoms with van der Waals surface area (Å²) in [5, 5.41) is 14.3. The summed E-state index contributed by atoms with van der Waals surface area (Å²) >= 11 is 7.56. The van der Waals surface area contributed by atoms with Crippen LogP contribution < -0.4 is 0 Å². The third-order valence-electron chi connectivity index (χ3n) is 4.15. The third kappa shape index (κ3) is 4.26. The van der Waals surface area contributed by atoms with E-state index in [9.17, 15) is 0 Å². The van der Waals surface area contributed by atoms with Crippen molar-refractivity contribution >= 4 is 23.4 Å². The van der Waals surface area contributed by atoms with E-state index in [1.165, 1.54) is 17.3 Å². The molecule has 4 aromatic rings. The minimum atomic E-state index is 0.542. The van der Waals surface area contributed by atoms with Crippen LogP contribution in [0.1, 0.15) is 24.2 Å². The van der Waals surface area contributed by atoms with Crippen LogP contribution in [0.2, 0.25) is 5.02 Å². The Hall–Kier alpha value is -2.64.